The van der Waals surface area contributed by atoms with Gasteiger partial charge in [0.15, 0.2) is 0 Å². The van der Waals surface area contributed by atoms with Crippen molar-refractivity contribution in [3.63, 3.8) is 0 Å². The van der Waals surface area contributed by atoms with Gasteiger partial charge in [-0.1, -0.05) is 18.2 Å². The summed E-state index contributed by atoms with van der Waals surface area (Å²) in [5, 5.41) is 12.5. The van der Waals surface area contributed by atoms with Crippen LogP contribution in [0.1, 0.15) is 18.0 Å². The van der Waals surface area contributed by atoms with Gasteiger partial charge in [-0.25, -0.2) is 4.39 Å². The molecule has 2 nitrogen and oxygen atoms in total. The average Bonchev–Trinajstić information content (AvgIpc) is 2.53. The van der Waals surface area contributed by atoms with E-state index < -0.39 is 6.17 Å². The van der Waals surface area contributed by atoms with Gasteiger partial charge < -0.3 is 10.4 Å². The van der Waals surface area contributed by atoms with Crippen LogP contribution >= 0.6 is 0 Å². The maximum absolute atomic E-state index is 12.8. The monoisotopic (exact) mass is 181 g/mol. The third-order valence-electron chi connectivity index (χ3n) is 2.39. The van der Waals surface area contributed by atoms with Crippen LogP contribution in [0.25, 0.3) is 0 Å². The van der Waals surface area contributed by atoms with E-state index in [0.29, 0.717) is 13.0 Å². The second kappa shape index (κ2) is 3.34. The van der Waals surface area contributed by atoms with Crippen LogP contribution in [0.4, 0.5) is 4.39 Å². The third kappa shape index (κ3) is 1.65. The van der Waals surface area contributed by atoms with Crippen molar-refractivity contribution >= 4 is 0 Å². The second-order valence-corrected chi connectivity index (χ2v) is 3.35. The van der Waals surface area contributed by atoms with Crippen molar-refractivity contribution in [3.05, 3.63) is 29.8 Å². The predicted molar refractivity (Wildman–Crippen MR) is 48.4 cm³/mol. The molecule has 2 N–H and O–H groups in total. The Morgan fingerprint density at radius 1 is 1.38 bits per heavy atom. The molecule has 0 saturated carbocycles. The van der Waals surface area contributed by atoms with Gasteiger partial charge in [0.25, 0.3) is 0 Å². The highest BCUT2D eigenvalue weighted by atomic mass is 19.1. The molecular weight excluding hydrogens is 169 g/mol. The summed E-state index contributed by atoms with van der Waals surface area (Å²) < 4.78 is 12.8. The van der Waals surface area contributed by atoms with E-state index in [4.69, 9.17) is 0 Å². The molecule has 0 bridgehead atoms. The molecule has 1 aliphatic heterocycles. The first-order valence-electron chi connectivity index (χ1n) is 4.42. The highest BCUT2D eigenvalue weighted by Crippen LogP contribution is 2.30. The number of benzene rings is 1. The minimum Gasteiger partial charge on any atom is -0.508 e. The summed E-state index contributed by atoms with van der Waals surface area (Å²) in [5.41, 5.74) is 0.794. The van der Waals surface area contributed by atoms with Gasteiger partial charge in [-0.05, 0) is 12.5 Å². The first-order valence-corrected chi connectivity index (χ1v) is 4.42. The number of alkyl halides is 1. The zero-order valence-electron chi connectivity index (χ0n) is 7.20. The van der Waals surface area contributed by atoms with E-state index in [1.165, 1.54) is 0 Å². The minimum absolute atomic E-state index is 0.0313. The van der Waals surface area contributed by atoms with Crippen molar-refractivity contribution in [1.82, 2.24) is 5.32 Å². The number of aromatic hydroxyl groups is 1. The molecule has 0 aromatic heterocycles. The normalized spacial score (nSPS) is 27.8. The van der Waals surface area contributed by atoms with Crippen LogP contribution in [0.5, 0.6) is 5.75 Å². The fourth-order valence-electron chi connectivity index (χ4n) is 1.71. The quantitative estimate of drug-likeness (QED) is 0.692. The molecule has 0 amide bonds. The molecule has 1 aromatic carbocycles. The SMILES string of the molecule is Oc1ccccc1C1CC(F)CN1. The molecular formula is C10H12FNO. The zero-order valence-corrected chi connectivity index (χ0v) is 7.20. The topological polar surface area (TPSA) is 32.3 Å². The maximum Gasteiger partial charge on any atom is 0.120 e. The first-order chi connectivity index (χ1) is 6.27. The lowest BCUT2D eigenvalue weighted by Crippen LogP contribution is -2.13. The Morgan fingerprint density at radius 2 is 2.15 bits per heavy atom. The Labute approximate surface area is 76.4 Å². The van der Waals surface area contributed by atoms with Crippen LogP contribution in [0.3, 0.4) is 0 Å². The molecule has 3 heteroatoms. The predicted octanol–water partition coefficient (Wildman–Crippen LogP) is 1.76. The fourth-order valence-corrected chi connectivity index (χ4v) is 1.71. The van der Waals surface area contributed by atoms with Crippen molar-refractivity contribution in [2.45, 2.75) is 18.6 Å². The van der Waals surface area contributed by atoms with Crippen LogP contribution in [-0.2, 0) is 0 Å². The van der Waals surface area contributed by atoms with Crippen LogP contribution in [0, 0.1) is 0 Å². The van der Waals surface area contributed by atoms with Gasteiger partial charge in [0.05, 0.1) is 0 Å². The number of para-hydroxylation sites is 1. The molecule has 0 spiro atoms. The lowest BCUT2D eigenvalue weighted by molar-refractivity contribution is 0.355. The van der Waals surface area contributed by atoms with E-state index in [1.807, 2.05) is 12.1 Å². The Kier molecular flexibility index (Phi) is 2.19. The summed E-state index contributed by atoms with van der Waals surface area (Å²) in [7, 11) is 0. The molecule has 0 aliphatic carbocycles. The van der Waals surface area contributed by atoms with Crippen molar-refractivity contribution in [1.29, 1.82) is 0 Å². The number of halogens is 1. The van der Waals surface area contributed by atoms with Gasteiger partial charge in [-0.2, -0.15) is 0 Å². The number of hydrogen-bond acceptors (Lipinski definition) is 2. The Hall–Kier alpha value is -1.09. The molecule has 1 aliphatic rings. The van der Waals surface area contributed by atoms with Crippen LogP contribution in [0.2, 0.25) is 0 Å². The highest BCUT2D eigenvalue weighted by Gasteiger charge is 2.26. The Balaban J connectivity index is 2.21. The summed E-state index contributed by atoms with van der Waals surface area (Å²) in [6.07, 6.45) is -0.331. The zero-order chi connectivity index (χ0) is 9.26. The molecule has 0 radical (unpaired) electrons. The summed E-state index contributed by atoms with van der Waals surface area (Å²) in [5.74, 6) is 0.245. The van der Waals surface area contributed by atoms with Gasteiger partial charge in [0.2, 0.25) is 0 Å². The third-order valence-corrected chi connectivity index (χ3v) is 2.39. The van der Waals surface area contributed by atoms with E-state index in [9.17, 15) is 9.50 Å². The van der Waals surface area contributed by atoms with E-state index >= 15 is 0 Å². The molecule has 2 rings (SSSR count). The Morgan fingerprint density at radius 3 is 2.77 bits per heavy atom. The van der Waals surface area contributed by atoms with Crippen LogP contribution in [-0.4, -0.2) is 17.8 Å². The van der Waals surface area contributed by atoms with Gasteiger partial charge >= 0.3 is 0 Å². The number of phenolic OH excluding ortho intramolecular Hbond substituents is 1. The van der Waals surface area contributed by atoms with Crippen molar-refractivity contribution < 1.29 is 9.50 Å². The van der Waals surface area contributed by atoms with Crippen molar-refractivity contribution in [2.24, 2.45) is 0 Å². The molecule has 1 heterocycles. The smallest absolute Gasteiger partial charge is 0.120 e. The van der Waals surface area contributed by atoms with E-state index in [2.05, 4.69) is 5.32 Å². The molecule has 2 atom stereocenters. The summed E-state index contributed by atoms with van der Waals surface area (Å²) in [6.45, 7) is 0.388. The minimum atomic E-state index is -0.787. The number of phenols is 1. The lowest BCUT2D eigenvalue weighted by Gasteiger charge is -2.11. The summed E-state index contributed by atoms with van der Waals surface area (Å²) in [6, 6.07) is 7.03. The molecule has 70 valence electrons. The van der Waals surface area contributed by atoms with E-state index in [1.54, 1.807) is 12.1 Å². The second-order valence-electron chi connectivity index (χ2n) is 3.35. The van der Waals surface area contributed by atoms with E-state index in [-0.39, 0.29) is 11.8 Å². The highest BCUT2D eigenvalue weighted by molar-refractivity contribution is 5.35. The van der Waals surface area contributed by atoms with Gasteiger partial charge in [-0.15, -0.1) is 0 Å². The number of rotatable bonds is 1. The number of hydrogen-bond donors (Lipinski definition) is 2. The van der Waals surface area contributed by atoms with Gasteiger partial charge in [-0.3, -0.25) is 0 Å². The van der Waals surface area contributed by atoms with E-state index in [0.717, 1.165) is 5.56 Å². The summed E-state index contributed by atoms with van der Waals surface area (Å²) >= 11 is 0. The van der Waals surface area contributed by atoms with Crippen molar-refractivity contribution in [3.8, 4) is 5.75 Å². The van der Waals surface area contributed by atoms with Crippen LogP contribution < -0.4 is 5.32 Å². The van der Waals surface area contributed by atoms with Crippen LogP contribution in [0.15, 0.2) is 24.3 Å². The maximum atomic E-state index is 12.8. The molecule has 1 fully saturated rings. The number of nitrogens with one attached hydrogen (secondary N) is 1. The Bertz CT molecular complexity index is 303. The largest absolute Gasteiger partial charge is 0.508 e. The summed E-state index contributed by atoms with van der Waals surface area (Å²) in [4.78, 5) is 0. The van der Waals surface area contributed by atoms with Gasteiger partial charge in [0, 0.05) is 18.2 Å². The van der Waals surface area contributed by atoms with Crippen molar-refractivity contribution in [2.75, 3.05) is 6.54 Å². The van der Waals surface area contributed by atoms with Gasteiger partial charge in [0.1, 0.15) is 11.9 Å². The molecule has 1 saturated heterocycles. The first kappa shape index (κ1) is 8.51. The fraction of sp³-hybridized carbons (Fsp3) is 0.400. The average molecular weight is 181 g/mol. The lowest BCUT2D eigenvalue weighted by atomic mass is 10.0. The molecule has 1 aromatic rings. The molecule has 2 unspecified atom stereocenters. The standard InChI is InChI=1S/C10H12FNO/c11-7-5-9(12-6-7)8-3-1-2-4-10(8)13/h1-4,7,9,12-13H,5-6H2. The molecule has 13 heavy (non-hydrogen) atoms.